The van der Waals surface area contributed by atoms with Crippen LogP contribution in [0.15, 0.2) is 0 Å². The largest absolute Gasteiger partial charge is 0.356 e. The number of thioether (sulfide) groups is 1. The molecule has 3 heterocycles. The Hall–Kier alpha value is -0.950. The van der Waals surface area contributed by atoms with Gasteiger partial charge in [-0.05, 0) is 44.7 Å². The van der Waals surface area contributed by atoms with Crippen molar-refractivity contribution in [3.63, 3.8) is 0 Å². The second-order valence-electron chi connectivity index (χ2n) is 6.87. The topological polar surface area (TPSA) is 82.3 Å². The predicted molar refractivity (Wildman–Crippen MR) is 92.6 cm³/mol. The van der Waals surface area contributed by atoms with Crippen LogP contribution in [0.1, 0.15) is 38.5 Å². The predicted octanol–water partition coefficient (Wildman–Crippen LogP) is 0.828. The molecule has 130 valence electrons. The molecule has 3 aliphatic heterocycles. The van der Waals surface area contributed by atoms with Gasteiger partial charge in [0.05, 0.1) is 12.1 Å². The van der Waals surface area contributed by atoms with E-state index in [0.717, 1.165) is 44.6 Å². The molecule has 0 aromatic carbocycles. The highest BCUT2D eigenvalue weighted by molar-refractivity contribution is 8.00. The van der Waals surface area contributed by atoms with Crippen molar-refractivity contribution in [1.82, 2.24) is 21.3 Å². The molecule has 3 saturated heterocycles. The van der Waals surface area contributed by atoms with E-state index in [1.165, 1.54) is 12.8 Å². The molecule has 0 bridgehead atoms. The number of rotatable bonds is 7. The van der Waals surface area contributed by atoms with Gasteiger partial charge < -0.3 is 21.3 Å². The van der Waals surface area contributed by atoms with Gasteiger partial charge in [0.1, 0.15) is 0 Å². The Kier molecular flexibility index (Phi) is 6.05. The molecule has 0 spiro atoms. The number of fused-ring (bicyclic) bond motifs is 1. The fourth-order valence-corrected chi connectivity index (χ4v) is 5.25. The molecule has 0 saturated carbocycles. The van der Waals surface area contributed by atoms with E-state index in [-0.39, 0.29) is 18.0 Å². The first kappa shape index (κ1) is 16.9. The van der Waals surface area contributed by atoms with Gasteiger partial charge in [-0.2, -0.15) is 11.8 Å². The maximum atomic E-state index is 11.9. The first-order chi connectivity index (χ1) is 11.2. The summed E-state index contributed by atoms with van der Waals surface area (Å²) in [5.74, 6) is 1.84. The third-order valence-corrected chi connectivity index (χ3v) is 6.64. The van der Waals surface area contributed by atoms with Gasteiger partial charge in [0.15, 0.2) is 0 Å². The highest BCUT2D eigenvalue weighted by Crippen LogP contribution is 2.33. The number of nitrogens with one attached hydrogen (secondary N) is 4. The number of urea groups is 1. The van der Waals surface area contributed by atoms with Gasteiger partial charge in [0, 0.05) is 24.0 Å². The van der Waals surface area contributed by atoms with Crippen molar-refractivity contribution in [2.24, 2.45) is 5.92 Å². The zero-order chi connectivity index (χ0) is 16.1. The lowest BCUT2D eigenvalue weighted by molar-refractivity contribution is -0.121. The molecular weight excluding hydrogens is 312 g/mol. The number of amides is 3. The molecule has 3 atom stereocenters. The third-order valence-electron chi connectivity index (χ3n) is 5.13. The SMILES string of the molecule is O=C(CCCCC1SCC2NC(=O)NC21)NCC1CCNCC1. The normalized spacial score (nSPS) is 30.6. The van der Waals surface area contributed by atoms with E-state index in [4.69, 9.17) is 0 Å². The number of piperidine rings is 1. The van der Waals surface area contributed by atoms with E-state index >= 15 is 0 Å². The minimum atomic E-state index is -0.0254. The van der Waals surface area contributed by atoms with E-state index in [2.05, 4.69) is 21.3 Å². The van der Waals surface area contributed by atoms with Crippen LogP contribution < -0.4 is 21.3 Å². The molecule has 7 heteroatoms. The zero-order valence-electron chi connectivity index (χ0n) is 13.6. The highest BCUT2D eigenvalue weighted by Gasteiger charge is 2.42. The van der Waals surface area contributed by atoms with Crippen LogP contribution in [0, 0.1) is 5.92 Å². The first-order valence-corrected chi connectivity index (χ1v) is 9.93. The van der Waals surface area contributed by atoms with Crippen LogP contribution in [0.3, 0.4) is 0 Å². The van der Waals surface area contributed by atoms with Crippen LogP contribution in [-0.4, -0.2) is 54.7 Å². The molecule has 3 unspecified atom stereocenters. The van der Waals surface area contributed by atoms with Crippen molar-refractivity contribution >= 4 is 23.7 Å². The van der Waals surface area contributed by atoms with Crippen molar-refractivity contribution in [3.8, 4) is 0 Å². The maximum Gasteiger partial charge on any atom is 0.315 e. The summed E-state index contributed by atoms with van der Waals surface area (Å²) in [7, 11) is 0. The highest BCUT2D eigenvalue weighted by atomic mass is 32.2. The van der Waals surface area contributed by atoms with Crippen LogP contribution in [0.2, 0.25) is 0 Å². The molecule has 3 amide bonds. The molecule has 0 aliphatic carbocycles. The summed E-state index contributed by atoms with van der Waals surface area (Å²) in [5.41, 5.74) is 0. The molecule has 23 heavy (non-hydrogen) atoms. The lowest BCUT2D eigenvalue weighted by Gasteiger charge is -2.22. The van der Waals surface area contributed by atoms with Crippen LogP contribution >= 0.6 is 11.8 Å². The van der Waals surface area contributed by atoms with Gasteiger partial charge in [-0.25, -0.2) is 4.79 Å². The Balaban J connectivity index is 1.25. The van der Waals surface area contributed by atoms with Gasteiger partial charge in [-0.15, -0.1) is 0 Å². The van der Waals surface area contributed by atoms with E-state index in [1.807, 2.05) is 11.8 Å². The van der Waals surface area contributed by atoms with Gasteiger partial charge in [0.2, 0.25) is 5.91 Å². The van der Waals surface area contributed by atoms with Crippen LogP contribution in [0.25, 0.3) is 0 Å². The second kappa shape index (κ2) is 8.24. The summed E-state index contributed by atoms with van der Waals surface area (Å²) >= 11 is 1.94. The summed E-state index contributed by atoms with van der Waals surface area (Å²) < 4.78 is 0. The van der Waals surface area contributed by atoms with E-state index in [9.17, 15) is 9.59 Å². The molecule has 6 nitrogen and oxygen atoms in total. The summed E-state index contributed by atoms with van der Waals surface area (Å²) in [4.78, 5) is 23.2. The number of hydrogen-bond acceptors (Lipinski definition) is 4. The Morgan fingerprint density at radius 1 is 1.22 bits per heavy atom. The first-order valence-electron chi connectivity index (χ1n) is 8.88. The maximum absolute atomic E-state index is 11.9. The fraction of sp³-hybridized carbons (Fsp3) is 0.875. The Labute approximate surface area is 142 Å². The van der Waals surface area contributed by atoms with E-state index in [0.29, 0.717) is 23.6 Å². The standard InChI is InChI=1S/C16H28N4O2S/c21-14(18-9-11-5-7-17-8-6-11)4-2-1-3-13-15-12(10-23-13)19-16(22)20-15/h11-13,15,17H,1-10H2,(H,18,21)(H2,19,20,22). The Bertz CT molecular complexity index is 428. The number of hydrogen-bond donors (Lipinski definition) is 4. The van der Waals surface area contributed by atoms with Crippen molar-refractivity contribution < 1.29 is 9.59 Å². The van der Waals surface area contributed by atoms with Crippen molar-refractivity contribution in [1.29, 1.82) is 0 Å². The summed E-state index contributed by atoms with van der Waals surface area (Å²) in [6.07, 6.45) is 6.03. The molecule has 4 N–H and O–H groups in total. The molecule has 0 aromatic heterocycles. The van der Waals surface area contributed by atoms with E-state index in [1.54, 1.807) is 0 Å². The Morgan fingerprint density at radius 2 is 2.04 bits per heavy atom. The lowest BCUT2D eigenvalue weighted by atomic mass is 9.98. The summed E-state index contributed by atoms with van der Waals surface area (Å²) in [5, 5.41) is 12.9. The van der Waals surface area contributed by atoms with Crippen LogP contribution in [0.4, 0.5) is 4.79 Å². The molecular formula is C16H28N4O2S. The third kappa shape index (κ3) is 4.76. The average molecular weight is 340 g/mol. The van der Waals surface area contributed by atoms with Gasteiger partial charge >= 0.3 is 6.03 Å². The summed E-state index contributed by atoms with van der Waals surface area (Å²) in [6.45, 7) is 2.99. The molecule has 3 rings (SSSR count). The van der Waals surface area contributed by atoms with Crippen molar-refractivity contribution in [3.05, 3.63) is 0 Å². The number of unbranched alkanes of at least 4 members (excludes halogenated alkanes) is 1. The lowest BCUT2D eigenvalue weighted by Crippen LogP contribution is -2.37. The number of carbonyl (C=O) groups excluding carboxylic acids is 2. The minimum absolute atomic E-state index is 0.0254. The van der Waals surface area contributed by atoms with Gasteiger partial charge in [-0.3, -0.25) is 4.79 Å². The quantitative estimate of drug-likeness (QED) is 0.409. The fourth-order valence-electron chi connectivity index (χ4n) is 3.71. The minimum Gasteiger partial charge on any atom is -0.356 e. The Morgan fingerprint density at radius 3 is 2.87 bits per heavy atom. The molecule has 3 fully saturated rings. The van der Waals surface area contributed by atoms with Crippen LogP contribution in [-0.2, 0) is 4.79 Å². The van der Waals surface area contributed by atoms with Gasteiger partial charge in [0.25, 0.3) is 0 Å². The van der Waals surface area contributed by atoms with Crippen molar-refractivity contribution in [2.75, 3.05) is 25.4 Å². The zero-order valence-corrected chi connectivity index (χ0v) is 14.4. The average Bonchev–Trinajstić information content (AvgIpc) is 3.10. The molecule has 3 aliphatic rings. The monoisotopic (exact) mass is 340 g/mol. The second-order valence-corrected chi connectivity index (χ2v) is 8.14. The van der Waals surface area contributed by atoms with Crippen molar-refractivity contribution in [2.45, 2.75) is 55.9 Å². The molecule has 0 radical (unpaired) electrons. The number of carbonyl (C=O) groups is 2. The van der Waals surface area contributed by atoms with Crippen LogP contribution in [0.5, 0.6) is 0 Å². The molecule has 0 aromatic rings. The summed E-state index contributed by atoms with van der Waals surface area (Å²) in [6, 6.07) is 0.551. The van der Waals surface area contributed by atoms with Gasteiger partial charge in [-0.1, -0.05) is 6.42 Å². The van der Waals surface area contributed by atoms with E-state index < -0.39 is 0 Å². The smallest absolute Gasteiger partial charge is 0.315 e.